The van der Waals surface area contributed by atoms with Crippen LogP contribution in [0, 0.1) is 27.7 Å². The van der Waals surface area contributed by atoms with Gasteiger partial charge in [0.25, 0.3) is 11.8 Å². The summed E-state index contributed by atoms with van der Waals surface area (Å²) in [5.41, 5.74) is 6.46. The summed E-state index contributed by atoms with van der Waals surface area (Å²) in [5.74, 6) is -0.231. The van der Waals surface area contributed by atoms with E-state index < -0.39 is 0 Å². The maximum Gasteiger partial charge on any atom is 0.282 e. The van der Waals surface area contributed by atoms with Gasteiger partial charge >= 0.3 is 0 Å². The molecule has 0 aliphatic carbocycles. The number of rotatable bonds is 5. The number of imide groups is 1. The van der Waals surface area contributed by atoms with Gasteiger partial charge in [0, 0.05) is 11.3 Å². The molecule has 1 aliphatic rings. The smallest absolute Gasteiger partial charge is 0.282 e. The highest BCUT2D eigenvalue weighted by Crippen LogP contribution is 2.38. The molecule has 1 N–H and O–H groups in total. The Balaban J connectivity index is 1.91. The molecule has 3 aromatic rings. The zero-order chi connectivity index (χ0) is 23.0. The molecule has 0 bridgehead atoms. The summed E-state index contributed by atoms with van der Waals surface area (Å²) in [4.78, 5) is 28.6. The lowest BCUT2D eigenvalue weighted by Crippen LogP contribution is -2.32. The minimum absolute atomic E-state index is 0.243. The molecule has 0 atom stereocenters. The predicted molar refractivity (Wildman–Crippen MR) is 128 cm³/mol. The van der Waals surface area contributed by atoms with Gasteiger partial charge in [-0.25, -0.2) is 4.90 Å². The van der Waals surface area contributed by atoms with Crippen LogP contribution in [0.1, 0.15) is 27.8 Å². The topological polar surface area (TPSA) is 58.6 Å². The number of benzene rings is 3. The monoisotopic (exact) mass is 426 g/mol. The number of methoxy groups -OCH3 is 1. The number of carbonyl (C=O) groups excluding carboxylic acids is 2. The first-order valence-electron chi connectivity index (χ1n) is 10.5. The van der Waals surface area contributed by atoms with Gasteiger partial charge in [0.2, 0.25) is 0 Å². The first-order chi connectivity index (χ1) is 15.3. The van der Waals surface area contributed by atoms with E-state index in [1.54, 1.807) is 19.2 Å². The number of nitrogens with zero attached hydrogens (tertiary/aromatic N) is 1. The van der Waals surface area contributed by atoms with E-state index >= 15 is 0 Å². The average molecular weight is 427 g/mol. The van der Waals surface area contributed by atoms with E-state index in [1.807, 2.05) is 76.2 Å². The third kappa shape index (κ3) is 3.78. The van der Waals surface area contributed by atoms with E-state index in [0.29, 0.717) is 22.6 Å². The van der Waals surface area contributed by atoms with E-state index in [1.165, 1.54) is 4.90 Å². The summed E-state index contributed by atoms with van der Waals surface area (Å²) >= 11 is 0. The number of aryl methyl sites for hydroxylation is 4. The Hall–Kier alpha value is -3.86. The second kappa shape index (κ2) is 8.35. The molecule has 162 valence electrons. The van der Waals surface area contributed by atoms with Crippen molar-refractivity contribution in [3.8, 4) is 5.75 Å². The molecule has 0 saturated heterocycles. The molecule has 5 heteroatoms. The molecule has 1 aliphatic heterocycles. The van der Waals surface area contributed by atoms with Crippen LogP contribution in [0.4, 0.5) is 11.4 Å². The third-order valence-corrected chi connectivity index (χ3v) is 5.58. The molecule has 3 aromatic carbocycles. The Morgan fingerprint density at radius 1 is 0.781 bits per heavy atom. The van der Waals surface area contributed by atoms with Crippen molar-refractivity contribution < 1.29 is 14.3 Å². The van der Waals surface area contributed by atoms with E-state index in [4.69, 9.17) is 4.74 Å². The molecule has 0 spiro atoms. The van der Waals surface area contributed by atoms with Crippen molar-refractivity contribution in [3.63, 3.8) is 0 Å². The first kappa shape index (κ1) is 21.4. The summed E-state index contributed by atoms with van der Waals surface area (Å²) in [5, 5.41) is 3.27. The molecule has 0 fully saturated rings. The molecular weight excluding hydrogens is 400 g/mol. The lowest BCUT2D eigenvalue weighted by atomic mass is 10.0. The minimum Gasteiger partial charge on any atom is -0.496 e. The Kier molecular flexibility index (Phi) is 5.57. The van der Waals surface area contributed by atoms with Gasteiger partial charge in [-0.2, -0.15) is 0 Å². The number of hydrogen-bond acceptors (Lipinski definition) is 4. The van der Waals surface area contributed by atoms with Crippen molar-refractivity contribution in [1.29, 1.82) is 0 Å². The summed E-state index contributed by atoms with van der Waals surface area (Å²) in [6.07, 6.45) is 0. The zero-order valence-corrected chi connectivity index (χ0v) is 18.9. The van der Waals surface area contributed by atoms with Gasteiger partial charge in [0.15, 0.2) is 0 Å². The van der Waals surface area contributed by atoms with Crippen LogP contribution in [0.15, 0.2) is 66.4 Å². The Morgan fingerprint density at radius 2 is 1.47 bits per heavy atom. The van der Waals surface area contributed by atoms with Crippen molar-refractivity contribution in [2.75, 3.05) is 17.3 Å². The maximum atomic E-state index is 13.7. The van der Waals surface area contributed by atoms with Crippen LogP contribution >= 0.6 is 0 Å². The zero-order valence-electron chi connectivity index (χ0n) is 18.9. The molecule has 0 saturated carbocycles. The third-order valence-electron chi connectivity index (χ3n) is 5.58. The van der Waals surface area contributed by atoms with Gasteiger partial charge in [-0.3, -0.25) is 9.59 Å². The molecule has 32 heavy (non-hydrogen) atoms. The number of para-hydroxylation sites is 1. The molecular formula is C27H26N2O3. The fourth-order valence-electron chi connectivity index (χ4n) is 4.07. The number of anilines is 2. The van der Waals surface area contributed by atoms with Crippen LogP contribution in [-0.2, 0) is 9.59 Å². The van der Waals surface area contributed by atoms with Gasteiger partial charge in [-0.15, -0.1) is 0 Å². The van der Waals surface area contributed by atoms with Crippen LogP contribution in [0.3, 0.4) is 0 Å². The SMILES string of the molecule is COc1ccccc1C1=C(Nc2cc(C)ccc2C)C(=O)N(c2cc(C)cc(C)c2)C1=O. The van der Waals surface area contributed by atoms with E-state index in [2.05, 4.69) is 5.32 Å². The quantitative estimate of drug-likeness (QED) is 0.561. The Morgan fingerprint density at radius 3 is 2.16 bits per heavy atom. The van der Waals surface area contributed by atoms with Gasteiger partial charge in [-0.05, 0) is 74.2 Å². The second-order valence-electron chi connectivity index (χ2n) is 8.19. The molecule has 4 rings (SSSR count). The lowest BCUT2D eigenvalue weighted by molar-refractivity contribution is -0.120. The number of hydrogen-bond donors (Lipinski definition) is 1. The average Bonchev–Trinajstić information content (AvgIpc) is 2.99. The van der Waals surface area contributed by atoms with Gasteiger partial charge in [0.1, 0.15) is 11.4 Å². The summed E-state index contributed by atoms with van der Waals surface area (Å²) in [6.45, 7) is 7.86. The molecule has 0 unspecified atom stereocenters. The summed E-state index contributed by atoms with van der Waals surface area (Å²) in [7, 11) is 1.56. The summed E-state index contributed by atoms with van der Waals surface area (Å²) in [6, 6.07) is 18.9. The number of carbonyl (C=O) groups is 2. The van der Waals surface area contributed by atoms with Crippen molar-refractivity contribution in [2.45, 2.75) is 27.7 Å². The normalized spacial score (nSPS) is 13.7. The van der Waals surface area contributed by atoms with Gasteiger partial charge in [-0.1, -0.05) is 36.4 Å². The molecule has 0 radical (unpaired) electrons. The van der Waals surface area contributed by atoms with Crippen LogP contribution in [0.2, 0.25) is 0 Å². The minimum atomic E-state index is -0.387. The highest BCUT2D eigenvalue weighted by molar-refractivity contribution is 6.46. The highest BCUT2D eigenvalue weighted by atomic mass is 16.5. The molecule has 2 amide bonds. The first-order valence-corrected chi connectivity index (χ1v) is 10.5. The van der Waals surface area contributed by atoms with Crippen molar-refractivity contribution >= 4 is 28.8 Å². The number of amides is 2. The Bertz CT molecular complexity index is 1250. The van der Waals surface area contributed by atoms with Crippen LogP contribution < -0.4 is 15.0 Å². The largest absolute Gasteiger partial charge is 0.496 e. The molecule has 1 heterocycles. The molecule has 5 nitrogen and oxygen atoms in total. The lowest BCUT2D eigenvalue weighted by Gasteiger charge is -2.17. The van der Waals surface area contributed by atoms with E-state index in [9.17, 15) is 9.59 Å². The number of nitrogens with one attached hydrogen (secondary N) is 1. The van der Waals surface area contributed by atoms with Crippen LogP contribution in [0.5, 0.6) is 5.75 Å². The maximum absolute atomic E-state index is 13.7. The van der Waals surface area contributed by atoms with Crippen LogP contribution in [-0.4, -0.2) is 18.9 Å². The van der Waals surface area contributed by atoms with Gasteiger partial charge in [0.05, 0.1) is 18.4 Å². The summed E-state index contributed by atoms with van der Waals surface area (Å²) < 4.78 is 5.52. The highest BCUT2D eigenvalue weighted by Gasteiger charge is 2.41. The van der Waals surface area contributed by atoms with E-state index in [-0.39, 0.29) is 17.5 Å². The molecule has 0 aromatic heterocycles. The second-order valence-corrected chi connectivity index (χ2v) is 8.19. The van der Waals surface area contributed by atoms with Crippen molar-refractivity contribution in [1.82, 2.24) is 0 Å². The van der Waals surface area contributed by atoms with Crippen LogP contribution in [0.25, 0.3) is 5.57 Å². The fraction of sp³-hybridized carbons (Fsp3) is 0.185. The van der Waals surface area contributed by atoms with Crippen molar-refractivity contribution in [3.05, 3.63) is 94.2 Å². The van der Waals surface area contributed by atoms with Crippen molar-refractivity contribution in [2.24, 2.45) is 0 Å². The fourth-order valence-corrected chi connectivity index (χ4v) is 4.07. The standard InChI is InChI=1S/C27H26N2O3/c1-16-10-11-19(4)22(15-16)28-25-24(21-8-6-7-9-23(21)32-5)26(30)29(27(25)31)20-13-17(2)12-18(3)14-20/h6-15,28H,1-5H3. The van der Waals surface area contributed by atoms with Gasteiger partial charge < -0.3 is 10.1 Å². The predicted octanol–water partition coefficient (Wildman–Crippen LogP) is 5.33. The van der Waals surface area contributed by atoms with E-state index in [0.717, 1.165) is 27.9 Å². The number of ether oxygens (including phenoxy) is 1. The Labute approximate surface area is 188 Å².